The summed E-state index contributed by atoms with van der Waals surface area (Å²) in [5, 5.41) is 0.476. The van der Waals surface area contributed by atoms with Crippen LogP contribution in [0.4, 0.5) is 0 Å². The topological polar surface area (TPSA) is 40.1 Å². The van der Waals surface area contributed by atoms with Gasteiger partial charge in [0.05, 0.1) is 5.02 Å². The molecule has 0 saturated heterocycles. The van der Waals surface area contributed by atoms with Gasteiger partial charge >= 0.3 is 29.6 Å². The molecule has 1 unspecified atom stereocenters. The van der Waals surface area contributed by atoms with Gasteiger partial charge in [0, 0.05) is 9.79 Å². The number of halogens is 1. The van der Waals surface area contributed by atoms with Gasteiger partial charge in [-0.2, -0.15) is 0 Å². The van der Waals surface area contributed by atoms with Crippen LogP contribution in [0.15, 0.2) is 28.0 Å². The van der Waals surface area contributed by atoms with Gasteiger partial charge in [0.1, 0.15) is 0 Å². The van der Waals surface area contributed by atoms with Gasteiger partial charge in [-0.25, -0.2) is 0 Å². The summed E-state index contributed by atoms with van der Waals surface area (Å²) in [5.74, 6) is 0. The van der Waals surface area contributed by atoms with E-state index in [0.717, 1.165) is 4.90 Å². The molecule has 1 rings (SSSR count). The van der Waals surface area contributed by atoms with E-state index in [2.05, 4.69) is 0 Å². The van der Waals surface area contributed by atoms with Gasteiger partial charge < -0.3 is 4.55 Å². The third kappa shape index (κ3) is 3.91. The minimum atomic E-state index is -2.19. The summed E-state index contributed by atoms with van der Waals surface area (Å²) < 4.78 is 21.0. The zero-order valence-electron chi connectivity index (χ0n) is 7.24. The molecule has 0 saturated carbocycles. The second kappa shape index (κ2) is 6.45. The predicted octanol–water partition coefficient (Wildman–Crippen LogP) is -0.696. The summed E-state index contributed by atoms with van der Waals surface area (Å²) in [4.78, 5) is 1.10. The van der Waals surface area contributed by atoms with Crippen molar-refractivity contribution in [3.8, 4) is 0 Å². The molecule has 0 fully saturated rings. The van der Waals surface area contributed by atoms with Gasteiger partial charge in [0.15, 0.2) is 0 Å². The fourth-order valence-corrected chi connectivity index (χ4v) is 2.08. The van der Waals surface area contributed by atoms with Crippen LogP contribution in [0.3, 0.4) is 0 Å². The standard InChI is InChI=1S/C7H7ClO2S2.Na/c1-11-7-3-2-5(12(9)10)4-6(7)8;/h2-4H,1H3,(H,9,10);/q;+1/p-1. The molecule has 1 aromatic carbocycles. The molecular weight excluding hydrogens is 239 g/mol. The van der Waals surface area contributed by atoms with Gasteiger partial charge in [0.25, 0.3) is 0 Å². The smallest absolute Gasteiger partial charge is 0.768 e. The molecule has 6 heteroatoms. The molecule has 0 aliphatic rings. The third-order valence-electron chi connectivity index (χ3n) is 1.32. The van der Waals surface area contributed by atoms with E-state index in [0.29, 0.717) is 5.02 Å². The Kier molecular flexibility index (Phi) is 6.93. The number of rotatable bonds is 2. The van der Waals surface area contributed by atoms with Gasteiger partial charge in [-0.15, -0.1) is 11.8 Å². The Bertz CT molecular complexity index is 319. The van der Waals surface area contributed by atoms with Crippen LogP contribution in [0.25, 0.3) is 0 Å². The Hall–Kier alpha value is 0.970. The largest absolute Gasteiger partial charge is 1.00 e. The predicted molar refractivity (Wildman–Crippen MR) is 50.4 cm³/mol. The van der Waals surface area contributed by atoms with E-state index in [9.17, 15) is 8.76 Å². The summed E-state index contributed by atoms with van der Waals surface area (Å²) in [6, 6.07) is 4.66. The third-order valence-corrected chi connectivity index (χ3v) is 3.18. The van der Waals surface area contributed by atoms with Crippen LogP contribution in [0, 0.1) is 0 Å². The monoisotopic (exact) mass is 244 g/mol. The van der Waals surface area contributed by atoms with Crippen molar-refractivity contribution in [2.24, 2.45) is 0 Å². The fraction of sp³-hybridized carbons (Fsp3) is 0.143. The zero-order valence-corrected chi connectivity index (χ0v) is 11.6. The first kappa shape index (κ1) is 14.0. The maximum Gasteiger partial charge on any atom is 1.00 e. The molecule has 0 aliphatic carbocycles. The Labute approximate surface area is 111 Å². The Morgan fingerprint density at radius 1 is 1.54 bits per heavy atom. The van der Waals surface area contributed by atoms with Crippen LogP contribution in [0.1, 0.15) is 0 Å². The molecule has 0 amide bonds. The van der Waals surface area contributed by atoms with Crippen molar-refractivity contribution < 1.29 is 38.3 Å². The Balaban J connectivity index is 0.00000144. The van der Waals surface area contributed by atoms with Gasteiger partial charge in [-0.3, -0.25) is 4.21 Å². The minimum absolute atomic E-state index is 0. The van der Waals surface area contributed by atoms with Gasteiger partial charge in [-0.05, 0) is 35.5 Å². The van der Waals surface area contributed by atoms with Crippen LogP contribution < -0.4 is 29.6 Å². The fourth-order valence-electron chi connectivity index (χ4n) is 0.751. The molecule has 0 N–H and O–H groups in total. The van der Waals surface area contributed by atoms with E-state index in [1.165, 1.54) is 23.9 Å². The normalized spacial score (nSPS) is 11.9. The summed E-state index contributed by atoms with van der Waals surface area (Å²) in [6.45, 7) is 0. The molecule has 2 nitrogen and oxygen atoms in total. The summed E-state index contributed by atoms with van der Waals surface area (Å²) >= 11 is 5.07. The second-order valence-corrected chi connectivity index (χ2v) is 4.23. The summed E-state index contributed by atoms with van der Waals surface area (Å²) in [5.41, 5.74) is 0. The van der Waals surface area contributed by atoms with Crippen molar-refractivity contribution in [2.75, 3.05) is 6.26 Å². The molecular formula is C7H6ClNaO2S2. The summed E-state index contributed by atoms with van der Waals surface area (Å²) in [7, 11) is 0. The maximum atomic E-state index is 10.5. The number of benzene rings is 1. The van der Waals surface area contributed by atoms with E-state index in [4.69, 9.17) is 11.6 Å². The maximum absolute atomic E-state index is 10.5. The first-order valence-electron chi connectivity index (χ1n) is 3.08. The molecule has 0 radical (unpaired) electrons. The molecule has 0 aliphatic heterocycles. The number of hydrogen-bond donors (Lipinski definition) is 0. The average molecular weight is 245 g/mol. The van der Waals surface area contributed by atoms with Crippen molar-refractivity contribution in [3.05, 3.63) is 23.2 Å². The molecule has 1 aromatic rings. The first-order valence-corrected chi connectivity index (χ1v) is 5.75. The van der Waals surface area contributed by atoms with E-state index in [1.807, 2.05) is 6.26 Å². The van der Waals surface area contributed by atoms with Crippen molar-refractivity contribution in [3.63, 3.8) is 0 Å². The summed E-state index contributed by atoms with van der Waals surface area (Å²) in [6.07, 6.45) is 1.88. The van der Waals surface area contributed by atoms with Crippen molar-refractivity contribution in [1.82, 2.24) is 0 Å². The molecule has 13 heavy (non-hydrogen) atoms. The van der Waals surface area contributed by atoms with Crippen LogP contribution in [-0.2, 0) is 11.1 Å². The van der Waals surface area contributed by atoms with E-state index in [-0.39, 0.29) is 34.5 Å². The second-order valence-electron chi connectivity index (χ2n) is 2.03. The van der Waals surface area contributed by atoms with Gasteiger partial charge in [-0.1, -0.05) is 11.6 Å². The van der Waals surface area contributed by atoms with E-state index in [1.54, 1.807) is 6.07 Å². The average Bonchev–Trinajstić information content (AvgIpc) is 2.04. The Morgan fingerprint density at radius 2 is 2.15 bits per heavy atom. The van der Waals surface area contributed by atoms with E-state index >= 15 is 0 Å². The van der Waals surface area contributed by atoms with Crippen molar-refractivity contribution in [2.45, 2.75) is 9.79 Å². The first-order chi connectivity index (χ1) is 5.65. The zero-order chi connectivity index (χ0) is 9.14. The van der Waals surface area contributed by atoms with Gasteiger partial charge in [0.2, 0.25) is 0 Å². The molecule has 0 spiro atoms. The van der Waals surface area contributed by atoms with Crippen LogP contribution >= 0.6 is 23.4 Å². The quantitative estimate of drug-likeness (QED) is 0.393. The molecule has 0 heterocycles. The molecule has 66 valence electrons. The van der Waals surface area contributed by atoms with Crippen LogP contribution in [0.2, 0.25) is 5.02 Å². The van der Waals surface area contributed by atoms with Crippen LogP contribution in [0.5, 0.6) is 0 Å². The molecule has 0 bridgehead atoms. The van der Waals surface area contributed by atoms with Crippen molar-refractivity contribution >= 4 is 34.4 Å². The number of hydrogen-bond acceptors (Lipinski definition) is 3. The minimum Gasteiger partial charge on any atom is -0.768 e. The SMILES string of the molecule is CSc1ccc(S(=O)[O-])cc1Cl.[Na+]. The van der Waals surface area contributed by atoms with Crippen LogP contribution in [-0.4, -0.2) is 15.0 Å². The molecule has 0 aromatic heterocycles. The number of thioether (sulfide) groups is 1. The molecule has 1 atom stereocenters. The Morgan fingerprint density at radius 3 is 2.54 bits per heavy atom. The van der Waals surface area contributed by atoms with Crippen molar-refractivity contribution in [1.29, 1.82) is 0 Å². The van der Waals surface area contributed by atoms with E-state index < -0.39 is 11.1 Å².